The van der Waals surface area contributed by atoms with Crippen LogP contribution in [-0.2, 0) is 4.79 Å². The van der Waals surface area contributed by atoms with Crippen molar-refractivity contribution in [3.8, 4) is 0 Å². The molecule has 0 aromatic carbocycles. The molecule has 0 heterocycles. The maximum atomic E-state index is 11.6. The van der Waals surface area contributed by atoms with Crippen LogP contribution in [0.5, 0.6) is 0 Å². The number of hydrogen-bond donors (Lipinski definition) is 2. The molecule has 1 saturated carbocycles. The third-order valence-electron chi connectivity index (χ3n) is 3.37. The molecule has 3 nitrogen and oxygen atoms in total. The summed E-state index contributed by atoms with van der Waals surface area (Å²) in [5, 5.41) is 3.00. The molecule has 0 spiro atoms. The standard InChI is InChI=1S/C12H24N2O/c1-9(2)12(5-6-12)8-14-10(15)7-11(3,4)13/h9H,5-8,13H2,1-4H3,(H,14,15). The zero-order chi connectivity index (χ0) is 11.7. The molecule has 15 heavy (non-hydrogen) atoms. The van der Waals surface area contributed by atoms with Crippen LogP contribution in [0.15, 0.2) is 0 Å². The molecule has 0 aromatic rings. The van der Waals surface area contributed by atoms with Crippen molar-refractivity contribution in [2.45, 2.75) is 52.5 Å². The van der Waals surface area contributed by atoms with Crippen LogP contribution in [0.2, 0.25) is 0 Å². The molecule has 88 valence electrons. The van der Waals surface area contributed by atoms with Gasteiger partial charge in [0.15, 0.2) is 0 Å². The Hall–Kier alpha value is -0.570. The highest BCUT2D eigenvalue weighted by atomic mass is 16.1. The van der Waals surface area contributed by atoms with Crippen molar-refractivity contribution in [3.63, 3.8) is 0 Å². The fourth-order valence-electron chi connectivity index (χ4n) is 1.87. The van der Waals surface area contributed by atoms with Gasteiger partial charge in [-0.25, -0.2) is 0 Å². The number of carbonyl (C=O) groups is 1. The van der Waals surface area contributed by atoms with Crippen molar-refractivity contribution >= 4 is 5.91 Å². The Kier molecular flexibility index (Phi) is 3.44. The number of nitrogens with two attached hydrogens (primary N) is 1. The van der Waals surface area contributed by atoms with Crippen LogP contribution in [-0.4, -0.2) is 18.0 Å². The summed E-state index contributed by atoms with van der Waals surface area (Å²) < 4.78 is 0. The first-order valence-corrected chi connectivity index (χ1v) is 5.81. The zero-order valence-electron chi connectivity index (χ0n) is 10.4. The molecular weight excluding hydrogens is 188 g/mol. The summed E-state index contributed by atoms with van der Waals surface area (Å²) in [6.45, 7) is 9.03. The van der Waals surface area contributed by atoms with Gasteiger partial charge in [-0.15, -0.1) is 0 Å². The number of hydrogen-bond acceptors (Lipinski definition) is 2. The lowest BCUT2D eigenvalue weighted by Crippen LogP contribution is -2.41. The molecule has 1 amide bonds. The molecule has 0 saturated heterocycles. The van der Waals surface area contributed by atoms with Crippen LogP contribution < -0.4 is 11.1 Å². The second kappa shape index (κ2) is 4.12. The van der Waals surface area contributed by atoms with Crippen LogP contribution in [0.4, 0.5) is 0 Å². The van der Waals surface area contributed by atoms with E-state index in [1.54, 1.807) is 0 Å². The first kappa shape index (κ1) is 12.5. The topological polar surface area (TPSA) is 55.1 Å². The van der Waals surface area contributed by atoms with Gasteiger partial charge in [0.25, 0.3) is 0 Å². The lowest BCUT2D eigenvalue weighted by molar-refractivity contribution is -0.122. The molecule has 0 aliphatic heterocycles. The average Bonchev–Trinajstić information content (AvgIpc) is 2.77. The first-order chi connectivity index (χ1) is 6.75. The van der Waals surface area contributed by atoms with E-state index in [0.717, 1.165) is 6.54 Å². The molecule has 0 bridgehead atoms. The van der Waals surface area contributed by atoms with E-state index < -0.39 is 5.54 Å². The van der Waals surface area contributed by atoms with Gasteiger partial charge in [-0.3, -0.25) is 4.79 Å². The Morgan fingerprint density at radius 3 is 2.33 bits per heavy atom. The number of amides is 1. The van der Waals surface area contributed by atoms with Gasteiger partial charge in [0.1, 0.15) is 0 Å². The minimum absolute atomic E-state index is 0.0782. The summed E-state index contributed by atoms with van der Waals surface area (Å²) in [5.74, 6) is 0.734. The summed E-state index contributed by atoms with van der Waals surface area (Å²) in [4.78, 5) is 11.6. The molecule has 1 aliphatic rings. The van der Waals surface area contributed by atoms with Gasteiger partial charge in [0, 0.05) is 18.5 Å². The van der Waals surface area contributed by atoms with E-state index >= 15 is 0 Å². The van der Waals surface area contributed by atoms with Crippen molar-refractivity contribution < 1.29 is 4.79 Å². The smallest absolute Gasteiger partial charge is 0.221 e. The third kappa shape index (κ3) is 3.82. The fourth-order valence-corrected chi connectivity index (χ4v) is 1.87. The van der Waals surface area contributed by atoms with Gasteiger partial charge >= 0.3 is 0 Å². The van der Waals surface area contributed by atoms with Crippen molar-refractivity contribution in [2.75, 3.05) is 6.54 Å². The van der Waals surface area contributed by atoms with Gasteiger partial charge in [-0.05, 0) is 38.0 Å². The minimum atomic E-state index is -0.404. The van der Waals surface area contributed by atoms with Crippen LogP contribution >= 0.6 is 0 Å². The SMILES string of the molecule is CC(C)C1(CNC(=O)CC(C)(C)N)CC1. The molecule has 0 aromatic heterocycles. The van der Waals surface area contributed by atoms with Crippen LogP contribution in [0.25, 0.3) is 0 Å². The quantitative estimate of drug-likeness (QED) is 0.728. The maximum absolute atomic E-state index is 11.6. The van der Waals surface area contributed by atoms with Gasteiger partial charge in [-0.2, -0.15) is 0 Å². The van der Waals surface area contributed by atoms with E-state index in [1.807, 2.05) is 13.8 Å². The molecule has 1 aliphatic carbocycles. The summed E-state index contributed by atoms with van der Waals surface area (Å²) in [7, 11) is 0. The maximum Gasteiger partial charge on any atom is 0.221 e. The number of rotatable bonds is 5. The third-order valence-corrected chi connectivity index (χ3v) is 3.37. The Morgan fingerprint density at radius 2 is 2.00 bits per heavy atom. The summed E-state index contributed by atoms with van der Waals surface area (Å²) in [6, 6.07) is 0. The van der Waals surface area contributed by atoms with E-state index in [1.165, 1.54) is 12.8 Å². The van der Waals surface area contributed by atoms with Gasteiger partial charge in [0.2, 0.25) is 5.91 Å². The Labute approximate surface area is 92.8 Å². The molecule has 0 radical (unpaired) electrons. The normalized spacial score (nSPS) is 19.1. The van der Waals surface area contributed by atoms with E-state index in [-0.39, 0.29) is 5.91 Å². The predicted octanol–water partition coefficient (Wildman–Crippen LogP) is 1.67. The molecule has 3 N–H and O–H groups in total. The zero-order valence-corrected chi connectivity index (χ0v) is 10.4. The Morgan fingerprint density at radius 1 is 1.47 bits per heavy atom. The van der Waals surface area contributed by atoms with Gasteiger partial charge in [-0.1, -0.05) is 13.8 Å². The summed E-state index contributed by atoms with van der Waals surface area (Å²) >= 11 is 0. The fraction of sp³-hybridized carbons (Fsp3) is 0.917. The van der Waals surface area contributed by atoms with Crippen LogP contribution in [0.1, 0.15) is 47.0 Å². The van der Waals surface area contributed by atoms with Crippen molar-refractivity contribution in [2.24, 2.45) is 17.1 Å². The lowest BCUT2D eigenvalue weighted by Gasteiger charge is -2.22. The van der Waals surface area contributed by atoms with Crippen LogP contribution in [0.3, 0.4) is 0 Å². The Bertz CT molecular complexity index is 236. The van der Waals surface area contributed by atoms with Crippen molar-refractivity contribution in [1.29, 1.82) is 0 Å². The van der Waals surface area contributed by atoms with Gasteiger partial charge in [0.05, 0.1) is 0 Å². The van der Waals surface area contributed by atoms with E-state index in [0.29, 0.717) is 17.8 Å². The lowest BCUT2D eigenvalue weighted by atomic mass is 9.92. The molecule has 3 heteroatoms. The average molecular weight is 212 g/mol. The minimum Gasteiger partial charge on any atom is -0.355 e. The Balaban J connectivity index is 2.29. The van der Waals surface area contributed by atoms with E-state index in [4.69, 9.17) is 5.73 Å². The molecule has 0 unspecified atom stereocenters. The predicted molar refractivity (Wildman–Crippen MR) is 62.4 cm³/mol. The second-order valence-electron chi connectivity index (χ2n) is 5.96. The van der Waals surface area contributed by atoms with Gasteiger partial charge < -0.3 is 11.1 Å². The molecule has 0 atom stereocenters. The van der Waals surface area contributed by atoms with Crippen molar-refractivity contribution in [3.05, 3.63) is 0 Å². The first-order valence-electron chi connectivity index (χ1n) is 5.81. The highest BCUT2D eigenvalue weighted by Gasteiger charge is 2.45. The van der Waals surface area contributed by atoms with E-state index in [2.05, 4.69) is 19.2 Å². The second-order valence-corrected chi connectivity index (χ2v) is 5.96. The molecular formula is C12H24N2O. The van der Waals surface area contributed by atoms with Crippen LogP contribution in [0, 0.1) is 11.3 Å². The highest BCUT2D eigenvalue weighted by molar-refractivity contribution is 5.77. The van der Waals surface area contributed by atoms with E-state index in [9.17, 15) is 4.79 Å². The molecule has 1 fully saturated rings. The number of carbonyl (C=O) groups excluding carboxylic acids is 1. The monoisotopic (exact) mass is 212 g/mol. The largest absolute Gasteiger partial charge is 0.355 e. The molecule has 1 rings (SSSR count). The van der Waals surface area contributed by atoms with Crippen molar-refractivity contribution in [1.82, 2.24) is 5.32 Å². The highest BCUT2D eigenvalue weighted by Crippen LogP contribution is 2.51. The number of nitrogens with one attached hydrogen (secondary N) is 1. The summed E-state index contributed by atoms with van der Waals surface area (Å²) in [5.41, 5.74) is 5.77. The summed E-state index contributed by atoms with van der Waals surface area (Å²) in [6.07, 6.45) is 2.90.